The molecule has 0 bridgehead atoms. The molecule has 2 amide bonds. The second kappa shape index (κ2) is 11.2. The molecule has 0 fully saturated rings. The molecule has 0 spiro atoms. The summed E-state index contributed by atoms with van der Waals surface area (Å²) in [7, 11) is 0. The van der Waals surface area contributed by atoms with Crippen LogP contribution in [0.3, 0.4) is 0 Å². The van der Waals surface area contributed by atoms with E-state index in [1.807, 2.05) is 79.7 Å². The molecule has 1 N–H and O–H groups in total. The van der Waals surface area contributed by atoms with E-state index in [1.165, 1.54) is 0 Å². The Morgan fingerprint density at radius 1 is 0.974 bits per heavy atom. The van der Waals surface area contributed by atoms with Crippen LogP contribution in [0.2, 0.25) is 0 Å². The number of hydrogen-bond donors (Lipinski definition) is 1. The minimum absolute atomic E-state index is 0.0430. The molecule has 1 aromatic heterocycles. The van der Waals surface area contributed by atoms with E-state index in [-0.39, 0.29) is 23.8 Å². The van der Waals surface area contributed by atoms with Crippen molar-refractivity contribution in [3.05, 3.63) is 89.6 Å². The molecule has 3 aromatic carbocycles. The van der Waals surface area contributed by atoms with Gasteiger partial charge in [-0.3, -0.25) is 9.59 Å². The molecule has 4 rings (SSSR count). The van der Waals surface area contributed by atoms with Gasteiger partial charge in [-0.25, -0.2) is 4.68 Å². The second-order valence-electron chi connectivity index (χ2n) is 11.4. The summed E-state index contributed by atoms with van der Waals surface area (Å²) < 4.78 is 1.77. The molecule has 38 heavy (non-hydrogen) atoms. The predicted molar refractivity (Wildman–Crippen MR) is 155 cm³/mol. The van der Waals surface area contributed by atoms with Crippen molar-refractivity contribution < 1.29 is 9.59 Å². The SMILES string of the molecule is Cc1cccc(-n2nc(C(C)(C)C)cc2NC(=O)CN(CCC(C)C)C(=O)c2cccc3ccccc23)c1. The van der Waals surface area contributed by atoms with Crippen LogP contribution in [0.4, 0.5) is 5.82 Å². The molecule has 0 aliphatic heterocycles. The summed E-state index contributed by atoms with van der Waals surface area (Å²) in [5.74, 6) is 0.599. The molecule has 0 aliphatic carbocycles. The van der Waals surface area contributed by atoms with Crippen LogP contribution in [0, 0.1) is 12.8 Å². The van der Waals surface area contributed by atoms with Crippen LogP contribution in [0.5, 0.6) is 0 Å². The topological polar surface area (TPSA) is 67.2 Å². The van der Waals surface area contributed by atoms with Crippen molar-refractivity contribution >= 4 is 28.4 Å². The molecule has 0 unspecified atom stereocenters. The maximum absolute atomic E-state index is 13.7. The Bertz CT molecular complexity index is 1440. The third kappa shape index (κ3) is 6.31. The number of anilines is 1. The van der Waals surface area contributed by atoms with Gasteiger partial charge in [-0.1, -0.05) is 83.1 Å². The summed E-state index contributed by atoms with van der Waals surface area (Å²) in [6.07, 6.45) is 0.805. The number of amides is 2. The van der Waals surface area contributed by atoms with Gasteiger partial charge in [-0.15, -0.1) is 0 Å². The number of hydrogen-bond acceptors (Lipinski definition) is 3. The predicted octanol–water partition coefficient (Wildman–Crippen LogP) is 6.76. The van der Waals surface area contributed by atoms with Crippen LogP contribution >= 0.6 is 0 Å². The molecule has 4 aromatic rings. The Kier molecular flexibility index (Phi) is 8.00. The van der Waals surface area contributed by atoms with E-state index in [9.17, 15) is 9.59 Å². The van der Waals surface area contributed by atoms with Crippen LogP contribution in [0.1, 0.15) is 62.7 Å². The Labute approximate surface area is 225 Å². The van der Waals surface area contributed by atoms with Crippen molar-refractivity contribution in [3.8, 4) is 5.69 Å². The second-order valence-corrected chi connectivity index (χ2v) is 11.4. The number of nitrogens with one attached hydrogen (secondary N) is 1. The van der Waals surface area contributed by atoms with Crippen molar-refractivity contribution in [1.82, 2.24) is 14.7 Å². The van der Waals surface area contributed by atoms with Gasteiger partial charge in [0.1, 0.15) is 12.4 Å². The van der Waals surface area contributed by atoms with Gasteiger partial charge in [0.25, 0.3) is 5.91 Å². The van der Waals surface area contributed by atoms with Crippen molar-refractivity contribution in [3.63, 3.8) is 0 Å². The number of carbonyl (C=O) groups excluding carboxylic acids is 2. The van der Waals surface area contributed by atoms with E-state index < -0.39 is 0 Å². The highest BCUT2D eigenvalue weighted by molar-refractivity contribution is 6.08. The molecule has 0 aliphatic rings. The first-order chi connectivity index (χ1) is 18.0. The van der Waals surface area contributed by atoms with Crippen LogP contribution in [0.15, 0.2) is 72.8 Å². The molecule has 0 atom stereocenters. The van der Waals surface area contributed by atoms with E-state index in [2.05, 4.69) is 39.9 Å². The van der Waals surface area contributed by atoms with E-state index in [0.717, 1.165) is 34.1 Å². The minimum atomic E-state index is -0.253. The molecule has 0 radical (unpaired) electrons. The highest BCUT2D eigenvalue weighted by Gasteiger charge is 2.24. The van der Waals surface area contributed by atoms with E-state index in [4.69, 9.17) is 5.10 Å². The van der Waals surface area contributed by atoms with Gasteiger partial charge in [-0.05, 0) is 53.8 Å². The lowest BCUT2D eigenvalue weighted by Crippen LogP contribution is -2.39. The number of benzene rings is 3. The fraction of sp³-hybridized carbons (Fsp3) is 0.344. The van der Waals surface area contributed by atoms with Gasteiger partial charge in [0.05, 0.1) is 11.4 Å². The molecular formula is C32H38N4O2. The van der Waals surface area contributed by atoms with Crippen molar-refractivity contribution in [2.24, 2.45) is 5.92 Å². The highest BCUT2D eigenvalue weighted by atomic mass is 16.2. The molecule has 0 saturated carbocycles. The molecule has 6 heteroatoms. The first kappa shape index (κ1) is 27.1. The van der Waals surface area contributed by atoms with Crippen molar-refractivity contribution in [2.45, 2.75) is 53.4 Å². The zero-order valence-electron chi connectivity index (χ0n) is 23.3. The van der Waals surface area contributed by atoms with Gasteiger partial charge in [0, 0.05) is 23.6 Å². The smallest absolute Gasteiger partial charge is 0.254 e. The normalized spacial score (nSPS) is 11.7. The van der Waals surface area contributed by atoms with E-state index in [0.29, 0.717) is 23.8 Å². The monoisotopic (exact) mass is 510 g/mol. The fourth-order valence-corrected chi connectivity index (χ4v) is 4.40. The summed E-state index contributed by atoms with van der Waals surface area (Å²) in [6, 6.07) is 23.5. The van der Waals surface area contributed by atoms with Crippen LogP contribution < -0.4 is 5.32 Å². The summed E-state index contributed by atoms with van der Waals surface area (Å²) in [6.45, 7) is 13.0. The number of rotatable bonds is 8. The quantitative estimate of drug-likeness (QED) is 0.285. The zero-order valence-corrected chi connectivity index (χ0v) is 23.3. The fourth-order valence-electron chi connectivity index (χ4n) is 4.40. The maximum Gasteiger partial charge on any atom is 0.254 e. The van der Waals surface area contributed by atoms with Gasteiger partial charge in [-0.2, -0.15) is 5.10 Å². The Hall–Kier alpha value is -3.93. The zero-order chi connectivity index (χ0) is 27.4. The Morgan fingerprint density at radius 2 is 1.68 bits per heavy atom. The standard InChI is InChI=1S/C32H38N4O2/c1-22(2)17-18-35(31(38)27-16-10-13-24-12-7-8-15-26(24)27)21-30(37)33-29-20-28(32(4,5)6)34-36(29)25-14-9-11-23(3)19-25/h7-16,19-20,22H,17-18,21H2,1-6H3,(H,33,37). The van der Waals surface area contributed by atoms with Gasteiger partial charge in [0.15, 0.2) is 0 Å². The van der Waals surface area contributed by atoms with Crippen LogP contribution in [0.25, 0.3) is 16.5 Å². The molecular weight excluding hydrogens is 472 g/mol. The summed E-state index contributed by atoms with van der Waals surface area (Å²) >= 11 is 0. The van der Waals surface area contributed by atoms with E-state index >= 15 is 0 Å². The van der Waals surface area contributed by atoms with Crippen molar-refractivity contribution in [2.75, 3.05) is 18.4 Å². The molecule has 198 valence electrons. The lowest BCUT2D eigenvalue weighted by molar-refractivity contribution is -0.117. The average molecular weight is 511 g/mol. The Morgan fingerprint density at radius 3 is 2.39 bits per heavy atom. The summed E-state index contributed by atoms with van der Waals surface area (Å²) in [5, 5.41) is 9.77. The van der Waals surface area contributed by atoms with Crippen LogP contribution in [-0.2, 0) is 10.2 Å². The maximum atomic E-state index is 13.7. The molecule has 0 saturated heterocycles. The summed E-state index contributed by atoms with van der Waals surface area (Å²) in [4.78, 5) is 28.8. The van der Waals surface area contributed by atoms with Gasteiger partial charge < -0.3 is 10.2 Å². The first-order valence-electron chi connectivity index (χ1n) is 13.3. The number of carbonyl (C=O) groups is 2. The number of fused-ring (bicyclic) bond motifs is 1. The third-order valence-electron chi connectivity index (χ3n) is 6.61. The number of aromatic nitrogens is 2. The highest BCUT2D eigenvalue weighted by Crippen LogP contribution is 2.27. The Balaban J connectivity index is 1.63. The van der Waals surface area contributed by atoms with Crippen molar-refractivity contribution in [1.29, 1.82) is 0 Å². The summed E-state index contributed by atoms with van der Waals surface area (Å²) in [5.41, 5.74) is 3.27. The average Bonchev–Trinajstić information content (AvgIpc) is 3.30. The lowest BCUT2D eigenvalue weighted by Gasteiger charge is -2.24. The number of nitrogens with zero attached hydrogens (tertiary/aromatic N) is 3. The van der Waals surface area contributed by atoms with Gasteiger partial charge in [0.2, 0.25) is 5.91 Å². The largest absolute Gasteiger partial charge is 0.329 e. The molecule has 1 heterocycles. The van der Waals surface area contributed by atoms with E-state index in [1.54, 1.807) is 9.58 Å². The van der Waals surface area contributed by atoms with Crippen LogP contribution in [-0.4, -0.2) is 39.6 Å². The molecule has 6 nitrogen and oxygen atoms in total. The number of aryl methyl sites for hydroxylation is 1. The third-order valence-corrected chi connectivity index (χ3v) is 6.61. The minimum Gasteiger partial charge on any atom is -0.329 e. The lowest BCUT2D eigenvalue weighted by atomic mass is 9.92. The van der Waals surface area contributed by atoms with Gasteiger partial charge >= 0.3 is 0 Å². The first-order valence-corrected chi connectivity index (χ1v) is 13.3.